The average molecular weight is 341 g/mol. The zero-order valence-electron chi connectivity index (χ0n) is 12.5. The van der Waals surface area contributed by atoms with E-state index < -0.39 is 5.56 Å². The van der Waals surface area contributed by atoms with E-state index in [9.17, 15) is 9.59 Å². The Morgan fingerprint density at radius 2 is 2.05 bits per heavy atom. The minimum Gasteiger partial charge on any atom is -0.491 e. The number of ether oxygens (including phenoxy) is 1. The number of aromatic amines is 1. The smallest absolute Gasteiger partial charge is 0.277 e. The van der Waals surface area contributed by atoms with Gasteiger partial charge in [-0.05, 0) is 31.9 Å². The van der Waals surface area contributed by atoms with E-state index in [1.165, 1.54) is 0 Å². The first kappa shape index (κ1) is 16.6. The Kier molecular flexibility index (Phi) is 5.26. The van der Waals surface area contributed by atoms with Crippen LogP contribution in [0.25, 0.3) is 0 Å². The molecule has 2 N–H and O–H groups in total. The molecule has 0 aliphatic heterocycles. The first-order valence-corrected chi connectivity index (χ1v) is 7.96. The molecule has 0 aliphatic carbocycles. The topological polar surface area (TPSA) is 71.2 Å². The Morgan fingerprint density at radius 1 is 1.41 bits per heavy atom. The number of rotatable bonds is 5. The highest BCUT2D eigenvalue weighted by molar-refractivity contribution is 7.08. The third kappa shape index (κ3) is 3.69. The number of carbonyl (C=O) groups excluding carboxylic acids is 1. The van der Waals surface area contributed by atoms with Crippen LogP contribution >= 0.6 is 23.1 Å². The molecule has 1 aromatic carbocycles. The van der Waals surface area contributed by atoms with Crippen molar-refractivity contribution in [3.63, 3.8) is 0 Å². The van der Waals surface area contributed by atoms with Crippen LogP contribution in [0.5, 0.6) is 5.75 Å². The van der Waals surface area contributed by atoms with Crippen molar-refractivity contribution in [1.29, 1.82) is 0 Å². The second-order valence-corrected chi connectivity index (χ2v) is 6.28. The Labute approximate surface area is 137 Å². The molecule has 0 fully saturated rings. The van der Waals surface area contributed by atoms with Crippen LogP contribution in [-0.2, 0) is 0 Å². The first-order valence-electron chi connectivity index (χ1n) is 6.77. The van der Waals surface area contributed by atoms with E-state index in [2.05, 4.69) is 9.69 Å². The Morgan fingerprint density at radius 3 is 2.59 bits per heavy atom. The lowest BCUT2D eigenvalue weighted by Gasteiger charge is -2.17. The van der Waals surface area contributed by atoms with E-state index in [1.54, 1.807) is 0 Å². The van der Waals surface area contributed by atoms with Gasteiger partial charge < -0.3 is 10.1 Å². The zero-order chi connectivity index (χ0) is 16.3. The molecule has 0 saturated carbocycles. The predicted octanol–water partition coefficient (Wildman–Crippen LogP) is 2.90. The maximum atomic E-state index is 12.0. The minimum atomic E-state index is -0.448. The lowest BCUT2D eigenvalue weighted by Crippen LogP contribution is -2.36. The quantitative estimate of drug-likeness (QED) is 0.879. The fourth-order valence-corrected chi connectivity index (χ4v) is 2.94. The fraction of sp³-hybridized carbons (Fsp3) is 0.333. The van der Waals surface area contributed by atoms with Crippen LogP contribution in [0.3, 0.4) is 0 Å². The molecule has 0 radical (unpaired) electrons. The number of H-pyrrole nitrogens is 1. The van der Waals surface area contributed by atoms with E-state index in [0.717, 1.165) is 28.4 Å². The molecule has 2 aromatic rings. The lowest BCUT2D eigenvalue weighted by molar-refractivity contribution is 0.0930. The van der Waals surface area contributed by atoms with Crippen LogP contribution in [0.4, 0.5) is 0 Å². The van der Waals surface area contributed by atoms with Crippen LogP contribution in [0.2, 0.25) is 5.02 Å². The number of halogens is 1. The van der Waals surface area contributed by atoms with Gasteiger partial charge in [-0.1, -0.05) is 41.3 Å². The number of aromatic nitrogens is 1. The van der Waals surface area contributed by atoms with Crippen molar-refractivity contribution in [2.75, 3.05) is 6.61 Å². The highest BCUT2D eigenvalue weighted by Crippen LogP contribution is 2.22. The highest BCUT2D eigenvalue weighted by Gasteiger charge is 2.18. The largest absolute Gasteiger partial charge is 0.491 e. The normalized spacial score (nSPS) is 12.0. The molecule has 1 heterocycles. The van der Waals surface area contributed by atoms with Crippen LogP contribution in [-0.4, -0.2) is 22.9 Å². The summed E-state index contributed by atoms with van der Waals surface area (Å²) < 4.78 is 8.21. The Bertz CT molecular complexity index is 718. The van der Waals surface area contributed by atoms with Gasteiger partial charge in [0.15, 0.2) is 0 Å². The molecule has 22 heavy (non-hydrogen) atoms. The molecular formula is C15H17ClN2O3S. The van der Waals surface area contributed by atoms with Gasteiger partial charge in [0, 0.05) is 0 Å². The minimum absolute atomic E-state index is 0.0784. The van der Waals surface area contributed by atoms with Gasteiger partial charge in [-0.15, -0.1) is 0 Å². The summed E-state index contributed by atoms with van der Waals surface area (Å²) in [5.41, 5.74) is 1.65. The van der Waals surface area contributed by atoms with Crippen molar-refractivity contribution >= 4 is 29.0 Å². The molecule has 5 nitrogen and oxygen atoms in total. The maximum absolute atomic E-state index is 12.0. The second-order valence-electron chi connectivity index (χ2n) is 5.08. The molecule has 7 heteroatoms. The summed E-state index contributed by atoms with van der Waals surface area (Å²) in [6, 6.07) is 5.70. The number of amides is 1. The predicted molar refractivity (Wildman–Crippen MR) is 88.3 cm³/mol. The molecule has 1 aromatic heterocycles. The fourth-order valence-electron chi connectivity index (χ4n) is 2.00. The van der Waals surface area contributed by atoms with E-state index in [1.807, 2.05) is 39.0 Å². The molecule has 0 saturated heterocycles. The molecule has 1 atom stereocenters. The lowest BCUT2D eigenvalue weighted by atomic mass is 10.1. The molecule has 1 amide bonds. The van der Waals surface area contributed by atoms with Gasteiger partial charge in [-0.2, -0.15) is 0 Å². The van der Waals surface area contributed by atoms with Gasteiger partial charge in [0.25, 0.3) is 11.5 Å². The van der Waals surface area contributed by atoms with Gasteiger partial charge in [0.05, 0.1) is 6.04 Å². The molecule has 118 valence electrons. The number of aryl methyl sites for hydroxylation is 2. The zero-order valence-corrected chi connectivity index (χ0v) is 14.1. The molecule has 0 aliphatic rings. The van der Waals surface area contributed by atoms with Crippen molar-refractivity contribution in [3.05, 3.63) is 49.6 Å². The summed E-state index contributed by atoms with van der Waals surface area (Å²) in [5, 5.41) is 2.68. The van der Waals surface area contributed by atoms with Crippen LogP contribution in [0, 0.1) is 13.8 Å². The summed E-state index contributed by atoms with van der Waals surface area (Å²) in [5.74, 6) is 0.443. The molecule has 0 bridgehead atoms. The Balaban J connectivity index is 1.96. The Hall–Kier alpha value is -1.79. The van der Waals surface area contributed by atoms with Crippen LogP contribution in [0.1, 0.15) is 27.7 Å². The van der Waals surface area contributed by atoms with Crippen molar-refractivity contribution in [1.82, 2.24) is 9.69 Å². The van der Waals surface area contributed by atoms with Gasteiger partial charge in [-0.25, -0.2) is 0 Å². The number of para-hydroxylation sites is 1. The van der Waals surface area contributed by atoms with E-state index in [4.69, 9.17) is 16.3 Å². The first-order chi connectivity index (χ1) is 10.4. The second kappa shape index (κ2) is 6.98. The number of nitrogens with one attached hydrogen (secondary N) is 2. The highest BCUT2D eigenvalue weighted by atomic mass is 35.5. The van der Waals surface area contributed by atoms with Crippen molar-refractivity contribution < 1.29 is 9.53 Å². The van der Waals surface area contributed by atoms with Gasteiger partial charge in [0.1, 0.15) is 22.3 Å². The molecular weight excluding hydrogens is 324 g/mol. The summed E-state index contributed by atoms with van der Waals surface area (Å²) in [6.45, 7) is 6.11. The maximum Gasteiger partial charge on any atom is 0.277 e. The number of benzene rings is 1. The number of hydrogen-bond donors (Lipinski definition) is 2. The third-order valence-corrected chi connectivity index (χ3v) is 4.47. The summed E-state index contributed by atoms with van der Waals surface area (Å²) in [7, 11) is 0. The van der Waals surface area contributed by atoms with Gasteiger partial charge in [-0.3, -0.25) is 14.0 Å². The molecule has 0 unspecified atom stereocenters. The van der Waals surface area contributed by atoms with Crippen LogP contribution < -0.4 is 15.6 Å². The van der Waals surface area contributed by atoms with Crippen LogP contribution in [0.15, 0.2) is 23.0 Å². The van der Waals surface area contributed by atoms with Crippen molar-refractivity contribution in [3.8, 4) is 5.75 Å². The SMILES string of the molecule is Cc1cccc(C)c1OC[C@@H](C)NC(=O)c1s[nH]c(=O)c1Cl. The van der Waals surface area contributed by atoms with Crippen molar-refractivity contribution in [2.24, 2.45) is 0 Å². The number of hydrogen-bond acceptors (Lipinski definition) is 4. The third-order valence-electron chi connectivity index (χ3n) is 3.11. The van der Waals surface area contributed by atoms with E-state index >= 15 is 0 Å². The van der Waals surface area contributed by atoms with Crippen molar-refractivity contribution in [2.45, 2.75) is 26.8 Å². The summed E-state index contributed by atoms with van der Waals surface area (Å²) in [6.07, 6.45) is 0. The average Bonchev–Trinajstić information content (AvgIpc) is 2.78. The summed E-state index contributed by atoms with van der Waals surface area (Å²) >= 11 is 6.70. The monoisotopic (exact) mass is 340 g/mol. The van der Waals surface area contributed by atoms with Gasteiger partial charge in [0.2, 0.25) is 0 Å². The molecule has 0 spiro atoms. The standard InChI is InChI=1S/C15H17ClN2O3S/c1-8-5-4-6-9(2)12(8)21-7-10(3)17-15(20)13-11(16)14(19)18-22-13/h4-6,10H,7H2,1-3H3,(H,17,20)(H,18,19)/t10-/m1/s1. The summed E-state index contributed by atoms with van der Waals surface area (Å²) in [4.78, 5) is 23.5. The molecule has 2 rings (SSSR count). The number of carbonyl (C=O) groups is 1. The van der Waals surface area contributed by atoms with E-state index in [-0.39, 0.29) is 21.8 Å². The van der Waals surface area contributed by atoms with Gasteiger partial charge >= 0.3 is 0 Å². The van der Waals surface area contributed by atoms with E-state index in [0.29, 0.717) is 6.61 Å².